The van der Waals surface area contributed by atoms with E-state index in [-0.39, 0.29) is 0 Å². The molecule has 4 nitrogen and oxygen atoms in total. The molecule has 5 heteroatoms. The molecular weight excluding hydrogens is 268 g/mol. The Morgan fingerprint density at radius 2 is 1.95 bits per heavy atom. The van der Waals surface area contributed by atoms with Gasteiger partial charge in [-0.3, -0.25) is 0 Å². The van der Waals surface area contributed by atoms with Crippen molar-refractivity contribution in [2.45, 2.75) is 25.8 Å². The van der Waals surface area contributed by atoms with Crippen molar-refractivity contribution in [2.24, 2.45) is 0 Å². The molecule has 102 valence electrons. The minimum absolute atomic E-state index is 0.557. The summed E-state index contributed by atoms with van der Waals surface area (Å²) in [6, 6.07) is 10.6. The van der Waals surface area contributed by atoms with Crippen LogP contribution >= 0.6 is 12.2 Å². The summed E-state index contributed by atoms with van der Waals surface area (Å²) in [4.78, 5) is 11.5. The summed E-state index contributed by atoms with van der Waals surface area (Å²) in [5, 5.41) is 0. The van der Waals surface area contributed by atoms with Gasteiger partial charge < -0.3 is 9.55 Å². The molecule has 0 saturated carbocycles. The number of benzene rings is 1. The van der Waals surface area contributed by atoms with Crippen LogP contribution in [0.5, 0.6) is 0 Å². The van der Waals surface area contributed by atoms with E-state index in [1.54, 1.807) is 6.33 Å². The number of nitrogens with one attached hydrogen (secondary N) is 1. The van der Waals surface area contributed by atoms with Crippen LogP contribution in [0.2, 0.25) is 0 Å². The Labute approximate surface area is 122 Å². The molecule has 0 atom stereocenters. The van der Waals surface area contributed by atoms with Crippen molar-refractivity contribution in [3.63, 3.8) is 0 Å². The van der Waals surface area contributed by atoms with Crippen LogP contribution in [0.4, 0.5) is 0 Å². The average molecular weight is 284 g/mol. The maximum absolute atomic E-state index is 5.16. The van der Waals surface area contributed by atoms with Crippen LogP contribution in [0, 0.1) is 4.64 Å². The summed E-state index contributed by atoms with van der Waals surface area (Å²) in [6.45, 7) is 0.943. The number of nitrogens with zero attached hydrogens (tertiary/aromatic N) is 3. The topological polar surface area (TPSA) is 46.5 Å². The number of aromatic nitrogens is 4. The SMILES string of the molecule is S=c1nc[nH]c2c1ncn2CCCCc1ccccc1. The smallest absolute Gasteiger partial charge is 0.157 e. The molecule has 2 aromatic heterocycles. The quantitative estimate of drug-likeness (QED) is 0.576. The second-order valence-corrected chi connectivity index (χ2v) is 5.17. The zero-order valence-corrected chi connectivity index (χ0v) is 11.9. The Bertz CT molecular complexity index is 745. The van der Waals surface area contributed by atoms with Gasteiger partial charge in [0.25, 0.3) is 0 Å². The van der Waals surface area contributed by atoms with Crippen LogP contribution in [-0.4, -0.2) is 19.5 Å². The predicted molar refractivity (Wildman–Crippen MR) is 82.1 cm³/mol. The molecular formula is C15H16N4S. The standard InChI is InChI=1S/C15H16N4S/c20-15-13-14(16-10-17-15)19(11-18-13)9-5-4-8-12-6-2-1-3-7-12/h1-3,6-7,10-11H,4-5,8-9H2,(H,16,17,20). The Morgan fingerprint density at radius 1 is 1.10 bits per heavy atom. The summed E-state index contributed by atoms with van der Waals surface area (Å²) in [5.41, 5.74) is 3.14. The summed E-state index contributed by atoms with van der Waals surface area (Å²) in [7, 11) is 0. The number of unbranched alkanes of at least 4 members (excludes halogenated alkanes) is 1. The molecule has 3 aromatic rings. The molecule has 2 heterocycles. The van der Waals surface area contributed by atoms with Crippen LogP contribution < -0.4 is 0 Å². The number of rotatable bonds is 5. The van der Waals surface area contributed by atoms with Gasteiger partial charge in [-0.1, -0.05) is 42.5 Å². The fourth-order valence-corrected chi connectivity index (χ4v) is 2.53. The van der Waals surface area contributed by atoms with E-state index in [1.807, 2.05) is 6.33 Å². The predicted octanol–water partition coefficient (Wildman–Crippen LogP) is 3.51. The van der Waals surface area contributed by atoms with Gasteiger partial charge in [0.15, 0.2) is 4.64 Å². The zero-order chi connectivity index (χ0) is 13.8. The van der Waals surface area contributed by atoms with Gasteiger partial charge in [-0.05, 0) is 24.8 Å². The number of hydrogen-bond donors (Lipinski definition) is 1. The van der Waals surface area contributed by atoms with Gasteiger partial charge in [-0.15, -0.1) is 0 Å². The van der Waals surface area contributed by atoms with Crippen LogP contribution in [0.1, 0.15) is 18.4 Å². The highest BCUT2D eigenvalue weighted by molar-refractivity contribution is 7.71. The first kappa shape index (κ1) is 13.0. The van der Waals surface area contributed by atoms with E-state index in [0.717, 1.165) is 37.0 Å². The molecule has 1 N–H and O–H groups in total. The molecule has 0 amide bonds. The Kier molecular flexibility index (Phi) is 3.87. The first-order valence-corrected chi connectivity index (χ1v) is 7.18. The highest BCUT2D eigenvalue weighted by Gasteiger charge is 2.04. The second-order valence-electron chi connectivity index (χ2n) is 4.79. The second kappa shape index (κ2) is 5.96. The fraction of sp³-hybridized carbons (Fsp3) is 0.267. The van der Waals surface area contributed by atoms with Crippen LogP contribution in [0.3, 0.4) is 0 Å². The molecule has 0 aliphatic carbocycles. The molecule has 0 unspecified atom stereocenters. The van der Waals surface area contributed by atoms with Gasteiger partial charge in [0, 0.05) is 6.54 Å². The highest BCUT2D eigenvalue weighted by Crippen LogP contribution is 2.11. The third kappa shape index (κ3) is 2.77. The normalized spacial score (nSPS) is 11.0. The molecule has 0 spiro atoms. The first-order chi connectivity index (χ1) is 9.84. The number of fused-ring (bicyclic) bond motifs is 1. The van der Waals surface area contributed by atoms with Crippen molar-refractivity contribution in [3.05, 3.63) is 53.2 Å². The van der Waals surface area contributed by atoms with Gasteiger partial charge in [0.1, 0.15) is 11.2 Å². The van der Waals surface area contributed by atoms with Gasteiger partial charge in [0.05, 0.1) is 12.7 Å². The molecule has 0 bridgehead atoms. The molecule has 1 aromatic carbocycles. The van der Waals surface area contributed by atoms with Gasteiger partial charge in [-0.2, -0.15) is 0 Å². The third-order valence-electron chi connectivity index (χ3n) is 3.38. The van der Waals surface area contributed by atoms with Gasteiger partial charge in [0.2, 0.25) is 0 Å². The van der Waals surface area contributed by atoms with Crippen molar-refractivity contribution >= 4 is 23.4 Å². The van der Waals surface area contributed by atoms with E-state index in [1.165, 1.54) is 5.56 Å². The van der Waals surface area contributed by atoms with Crippen molar-refractivity contribution in [2.75, 3.05) is 0 Å². The molecule has 0 aliphatic heterocycles. The number of H-pyrrole nitrogens is 1. The minimum atomic E-state index is 0.557. The lowest BCUT2D eigenvalue weighted by Gasteiger charge is -2.04. The van der Waals surface area contributed by atoms with E-state index < -0.39 is 0 Å². The maximum atomic E-state index is 5.16. The van der Waals surface area contributed by atoms with Crippen molar-refractivity contribution in [1.29, 1.82) is 0 Å². The summed E-state index contributed by atoms with van der Waals surface area (Å²) in [6.07, 6.45) is 6.86. The van der Waals surface area contributed by atoms with E-state index in [9.17, 15) is 0 Å². The van der Waals surface area contributed by atoms with Gasteiger partial charge >= 0.3 is 0 Å². The third-order valence-corrected chi connectivity index (χ3v) is 3.68. The Morgan fingerprint density at radius 3 is 2.80 bits per heavy atom. The number of imidazole rings is 1. The molecule has 3 rings (SSSR count). The highest BCUT2D eigenvalue weighted by atomic mass is 32.1. The molecule has 0 aliphatic rings. The summed E-state index contributed by atoms with van der Waals surface area (Å²) in [5.74, 6) is 0. The Balaban J connectivity index is 1.61. The molecule has 0 fully saturated rings. The largest absolute Gasteiger partial charge is 0.331 e. The minimum Gasteiger partial charge on any atom is -0.331 e. The van der Waals surface area contributed by atoms with E-state index in [2.05, 4.69) is 49.9 Å². The lowest BCUT2D eigenvalue weighted by molar-refractivity contribution is 0.617. The van der Waals surface area contributed by atoms with E-state index in [4.69, 9.17) is 12.2 Å². The number of aromatic amines is 1. The lowest BCUT2D eigenvalue weighted by atomic mass is 10.1. The van der Waals surface area contributed by atoms with Crippen LogP contribution in [0.25, 0.3) is 11.2 Å². The van der Waals surface area contributed by atoms with Crippen molar-refractivity contribution < 1.29 is 0 Å². The van der Waals surface area contributed by atoms with Gasteiger partial charge in [-0.25, -0.2) is 9.97 Å². The molecule has 20 heavy (non-hydrogen) atoms. The first-order valence-electron chi connectivity index (χ1n) is 6.77. The lowest BCUT2D eigenvalue weighted by Crippen LogP contribution is -1.98. The molecule has 0 saturated heterocycles. The van der Waals surface area contributed by atoms with E-state index in [0.29, 0.717) is 4.64 Å². The zero-order valence-electron chi connectivity index (χ0n) is 11.1. The van der Waals surface area contributed by atoms with Crippen LogP contribution in [0.15, 0.2) is 43.0 Å². The maximum Gasteiger partial charge on any atom is 0.157 e. The number of aryl methyl sites for hydroxylation is 2. The summed E-state index contributed by atoms with van der Waals surface area (Å²) >= 11 is 5.16. The molecule has 0 radical (unpaired) electrons. The van der Waals surface area contributed by atoms with E-state index >= 15 is 0 Å². The average Bonchev–Trinajstić information content (AvgIpc) is 2.90. The Hall–Kier alpha value is -2.01. The van der Waals surface area contributed by atoms with Crippen LogP contribution in [-0.2, 0) is 13.0 Å². The monoisotopic (exact) mass is 284 g/mol. The summed E-state index contributed by atoms with van der Waals surface area (Å²) < 4.78 is 2.67. The van der Waals surface area contributed by atoms with Crippen molar-refractivity contribution in [1.82, 2.24) is 19.5 Å². The van der Waals surface area contributed by atoms with Crippen molar-refractivity contribution in [3.8, 4) is 0 Å². The fourth-order valence-electron chi connectivity index (χ4n) is 2.33. The number of hydrogen-bond acceptors (Lipinski definition) is 3.